The third kappa shape index (κ3) is 4.89. The number of carbonyl (C=O) groups excluding carboxylic acids is 3. The highest BCUT2D eigenvalue weighted by Gasteiger charge is 2.76. The number of nitrogens with one attached hydrogen (secondary N) is 2. The number of ether oxygens (including phenoxy) is 1. The minimum absolute atomic E-state index is 0.0436. The maximum Gasteiger partial charge on any atom is 0.244 e. The third-order valence-corrected chi connectivity index (χ3v) is 10.5. The van der Waals surface area contributed by atoms with Crippen molar-refractivity contribution in [2.75, 3.05) is 57.9 Å². The number of anilines is 1. The van der Waals surface area contributed by atoms with Gasteiger partial charge in [0.05, 0.1) is 29.8 Å². The monoisotopic (exact) mass is 530 g/mol. The van der Waals surface area contributed by atoms with E-state index >= 15 is 0 Å². The summed E-state index contributed by atoms with van der Waals surface area (Å²) in [5.41, 5.74) is 0.709. The number of thioether (sulfide) groups is 1. The van der Waals surface area contributed by atoms with Crippen LogP contribution in [0.5, 0.6) is 0 Å². The van der Waals surface area contributed by atoms with Crippen LogP contribution in [-0.4, -0.2) is 101 Å². The van der Waals surface area contributed by atoms with Crippen LogP contribution in [-0.2, 0) is 19.1 Å². The number of hydrogen-bond donors (Lipinski definition) is 3. The van der Waals surface area contributed by atoms with Crippen LogP contribution in [0.4, 0.5) is 5.69 Å². The Balaban J connectivity index is 1.37. The summed E-state index contributed by atoms with van der Waals surface area (Å²) in [5.74, 6) is -1.43. The molecule has 5 atom stereocenters. The zero-order chi connectivity index (χ0) is 26.0. The number of fused-ring (bicyclic) bond motifs is 1. The Hall–Kier alpha value is -2.14. The number of unbranched alkanes of at least 4 members (excludes halogenated alkanes) is 1. The van der Waals surface area contributed by atoms with E-state index in [0.29, 0.717) is 44.8 Å². The van der Waals surface area contributed by atoms with Gasteiger partial charge in [0.15, 0.2) is 0 Å². The average molecular weight is 531 g/mol. The van der Waals surface area contributed by atoms with Gasteiger partial charge in [-0.3, -0.25) is 19.3 Å². The van der Waals surface area contributed by atoms with Gasteiger partial charge in [-0.1, -0.05) is 18.2 Å². The molecule has 5 rings (SSSR count). The lowest BCUT2D eigenvalue weighted by Gasteiger charge is -2.35. The first-order valence-electron chi connectivity index (χ1n) is 13.4. The molecule has 4 saturated heterocycles. The van der Waals surface area contributed by atoms with Gasteiger partial charge in [-0.2, -0.15) is 0 Å². The lowest BCUT2D eigenvalue weighted by Crippen LogP contribution is -2.54. The summed E-state index contributed by atoms with van der Waals surface area (Å²) in [6.45, 7) is 6.89. The number of amides is 3. The Morgan fingerprint density at radius 1 is 1.11 bits per heavy atom. The van der Waals surface area contributed by atoms with Gasteiger partial charge in [-0.15, -0.1) is 11.8 Å². The van der Waals surface area contributed by atoms with Crippen LogP contribution in [0.2, 0.25) is 0 Å². The molecule has 4 aliphatic rings. The van der Waals surface area contributed by atoms with E-state index in [4.69, 9.17) is 4.74 Å². The number of benzene rings is 1. The van der Waals surface area contributed by atoms with Gasteiger partial charge in [0.2, 0.25) is 17.7 Å². The van der Waals surface area contributed by atoms with Crippen molar-refractivity contribution < 1.29 is 24.2 Å². The Morgan fingerprint density at radius 2 is 1.86 bits per heavy atom. The molecule has 10 heteroatoms. The van der Waals surface area contributed by atoms with Crippen molar-refractivity contribution in [3.05, 3.63) is 30.3 Å². The first-order valence-corrected chi connectivity index (χ1v) is 14.3. The predicted octanol–water partition coefficient (Wildman–Crippen LogP) is 1.33. The molecule has 4 fully saturated rings. The molecule has 0 aliphatic carbocycles. The summed E-state index contributed by atoms with van der Waals surface area (Å²) < 4.78 is 4.39. The molecule has 1 spiro atoms. The normalized spacial score (nSPS) is 33.0. The second-order valence-electron chi connectivity index (χ2n) is 10.8. The number of likely N-dealkylation sites (tertiary alicyclic amines) is 1. The zero-order valence-electron chi connectivity index (χ0n) is 21.5. The second kappa shape index (κ2) is 10.9. The average Bonchev–Trinajstić information content (AvgIpc) is 3.46. The number of para-hydroxylation sites is 1. The Kier molecular flexibility index (Phi) is 7.81. The molecule has 0 saturated carbocycles. The van der Waals surface area contributed by atoms with E-state index in [9.17, 15) is 19.5 Å². The molecular weight excluding hydrogens is 492 g/mol. The fourth-order valence-electron chi connectivity index (χ4n) is 6.76. The van der Waals surface area contributed by atoms with Crippen LogP contribution in [0, 0.1) is 11.8 Å². The van der Waals surface area contributed by atoms with Crippen LogP contribution < -0.4 is 10.6 Å². The third-order valence-electron chi connectivity index (χ3n) is 8.49. The summed E-state index contributed by atoms with van der Waals surface area (Å²) in [4.78, 5) is 45.4. The highest BCUT2D eigenvalue weighted by atomic mass is 32.2. The molecule has 202 valence electrons. The van der Waals surface area contributed by atoms with Crippen LogP contribution >= 0.6 is 11.8 Å². The van der Waals surface area contributed by atoms with E-state index in [-0.39, 0.29) is 24.3 Å². The van der Waals surface area contributed by atoms with Gasteiger partial charge in [0.25, 0.3) is 0 Å². The number of morpholine rings is 1. The lowest BCUT2D eigenvalue weighted by atomic mass is 9.66. The number of aliphatic hydroxyl groups is 1. The van der Waals surface area contributed by atoms with E-state index in [1.165, 1.54) is 0 Å². The minimum Gasteiger partial charge on any atom is -0.396 e. The SMILES string of the molecule is C[C@@]12CCC3(S1)C(C(=O)NCCN1CCOCC1)N(CCCCO)C(=O)[C@@H]3[C@@H]2C(=O)Nc1ccccc1. The van der Waals surface area contributed by atoms with E-state index in [2.05, 4.69) is 22.5 Å². The first kappa shape index (κ1) is 26.5. The number of rotatable bonds is 10. The molecule has 3 N–H and O–H groups in total. The number of hydrogen-bond acceptors (Lipinski definition) is 7. The molecule has 4 heterocycles. The molecule has 2 bridgehead atoms. The molecule has 1 aromatic carbocycles. The van der Waals surface area contributed by atoms with Gasteiger partial charge in [-0.05, 0) is 44.7 Å². The van der Waals surface area contributed by atoms with Crippen molar-refractivity contribution in [3.8, 4) is 0 Å². The summed E-state index contributed by atoms with van der Waals surface area (Å²) in [6.07, 6.45) is 2.70. The predicted molar refractivity (Wildman–Crippen MR) is 142 cm³/mol. The zero-order valence-corrected chi connectivity index (χ0v) is 22.3. The standard InChI is InChI=1S/C27H38N4O5S/c1-26-9-10-27(37-26)21(20(26)23(33)29-19-7-3-2-4-8-19)25(35)31(12-5-6-16-32)22(27)24(34)28-11-13-30-14-17-36-18-15-30/h2-4,7-8,20-22,32H,5-6,9-18H2,1H3,(H,28,34)(H,29,33)/t20-,21+,22?,26+,27?/m1/s1. The fourth-order valence-corrected chi connectivity index (χ4v) is 9.12. The maximum atomic E-state index is 14.0. The van der Waals surface area contributed by atoms with Crippen molar-refractivity contribution >= 4 is 35.2 Å². The van der Waals surface area contributed by atoms with Gasteiger partial charge in [-0.25, -0.2) is 0 Å². The van der Waals surface area contributed by atoms with Gasteiger partial charge in [0.1, 0.15) is 6.04 Å². The molecule has 37 heavy (non-hydrogen) atoms. The molecular formula is C27H38N4O5S. The summed E-state index contributed by atoms with van der Waals surface area (Å²) in [5, 5.41) is 15.5. The molecule has 9 nitrogen and oxygen atoms in total. The quantitative estimate of drug-likeness (QED) is 0.392. The number of nitrogens with zero attached hydrogens (tertiary/aromatic N) is 2. The van der Waals surface area contributed by atoms with E-state index < -0.39 is 27.4 Å². The van der Waals surface area contributed by atoms with E-state index in [1.807, 2.05) is 30.3 Å². The highest BCUT2D eigenvalue weighted by Crippen LogP contribution is 2.71. The first-order chi connectivity index (χ1) is 17.9. The van der Waals surface area contributed by atoms with Crippen molar-refractivity contribution in [1.29, 1.82) is 0 Å². The maximum absolute atomic E-state index is 14.0. The summed E-state index contributed by atoms with van der Waals surface area (Å²) in [6, 6.07) is 8.71. The smallest absolute Gasteiger partial charge is 0.244 e. The van der Waals surface area contributed by atoms with E-state index in [0.717, 1.165) is 32.5 Å². The fraction of sp³-hybridized carbons (Fsp3) is 0.667. The topological polar surface area (TPSA) is 111 Å². The van der Waals surface area contributed by atoms with Crippen molar-refractivity contribution in [1.82, 2.24) is 15.1 Å². The summed E-state index contributed by atoms with van der Waals surface area (Å²) in [7, 11) is 0. The molecule has 2 unspecified atom stereocenters. The van der Waals surface area contributed by atoms with Crippen LogP contribution in [0.3, 0.4) is 0 Å². The molecule has 0 radical (unpaired) electrons. The van der Waals surface area contributed by atoms with Crippen molar-refractivity contribution in [3.63, 3.8) is 0 Å². The Labute approximate surface area is 222 Å². The Bertz CT molecular complexity index is 1010. The molecule has 3 amide bonds. The van der Waals surface area contributed by atoms with Crippen molar-refractivity contribution in [2.45, 2.75) is 48.1 Å². The Morgan fingerprint density at radius 3 is 2.59 bits per heavy atom. The summed E-state index contributed by atoms with van der Waals surface area (Å²) >= 11 is 1.68. The van der Waals surface area contributed by atoms with Gasteiger partial charge in [0, 0.05) is 49.8 Å². The van der Waals surface area contributed by atoms with Crippen LogP contribution in [0.25, 0.3) is 0 Å². The van der Waals surface area contributed by atoms with Gasteiger partial charge < -0.3 is 25.4 Å². The molecule has 4 aliphatic heterocycles. The van der Waals surface area contributed by atoms with Gasteiger partial charge >= 0.3 is 0 Å². The second-order valence-corrected chi connectivity index (χ2v) is 12.7. The number of carbonyl (C=O) groups is 3. The minimum atomic E-state index is -0.618. The number of aliphatic hydroxyl groups excluding tert-OH is 1. The molecule has 0 aromatic heterocycles. The lowest BCUT2D eigenvalue weighted by molar-refractivity contribution is -0.139. The van der Waals surface area contributed by atoms with Crippen molar-refractivity contribution in [2.24, 2.45) is 11.8 Å². The highest BCUT2D eigenvalue weighted by molar-refractivity contribution is 8.02. The largest absolute Gasteiger partial charge is 0.396 e. The van der Waals surface area contributed by atoms with Crippen LogP contribution in [0.15, 0.2) is 30.3 Å². The van der Waals surface area contributed by atoms with Crippen LogP contribution in [0.1, 0.15) is 32.6 Å². The van der Waals surface area contributed by atoms with E-state index in [1.54, 1.807) is 16.7 Å². The molecule has 1 aromatic rings.